The summed E-state index contributed by atoms with van der Waals surface area (Å²) in [6.45, 7) is 3.99. The Morgan fingerprint density at radius 2 is 2.23 bits per heavy atom. The lowest BCUT2D eigenvalue weighted by Gasteiger charge is -1.96. The molecule has 0 fully saturated rings. The van der Waals surface area contributed by atoms with Crippen molar-refractivity contribution in [2.24, 2.45) is 5.73 Å². The molecule has 0 bridgehead atoms. The fourth-order valence-corrected chi connectivity index (χ4v) is 1.77. The maximum Gasteiger partial charge on any atom is 0.0813 e. The van der Waals surface area contributed by atoms with Crippen LogP contribution < -0.4 is 5.73 Å². The Morgan fingerprint density at radius 1 is 1.46 bits per heavy atom. The number of hydrogen-bond donors (Lipinski definition) is 1. The summed E-state index contributed by atoms with van der Waals surface area (Å²) in [5, 5.41) is 0. The van der Waals surface area contributed by atoms with Gasteiger partial charge in [0.1, 0.15) is 0 Å². The molecule has 0 aromatic carbocycles. The Labute approximate surface area is 83.0 Å². The number of thiophene rings is 1. The molecule has 0 aliphatic rings. The van der Waals surface area contributed by atoms with E-state index in [1.165, 1.54) is 9.75 Å². The Hall–Kier alpha value is -0.640. The van der Waals surface area contributed by atoms with Gasteiger partial charge in [0, 0.05) is 16.3 Å². The van der Waals surface area contributed by atoms with Crippen molar-refractivity contribution >= 4 is 11.3 Å². The Bertz CT molecular complexity index is 268. The summed E-state index contributed by atoms with van der Waals surface area (Å²) < 4.78 is 5.40. The minimum atomic E-state index is 0.625. The first-order valence-electron chi connectivity index (χ1n) is 4.33. The third-order valence-electron chi connectivity index (χ3n) is 1.61. The first kappa shape index (κ1) is 10.4. The van der Waals surface area contributed by atoms with Crippen LogP contribution in [-0.2, 0) is 17.9 Å². The maximum absolute atomic E-state index is 5.50. The molecule has 0 radical (unpaired) electrons. The molecule has 2 nitrogen and oxygen atoms in total. The molecular formula is C10H15NOS. The first-order chi connectivity index (χ1) is 6.36. The molecule has 13 heavy (non-hydrogen) atoms. The van der Waals surface area contributed by atoms with Crippen molar-refractivity contribution in [2.45, 2.75) is 20.1 Å². The highest BCUT2D eigenvalue weighted by Gasteiger charge is 1.97. The standard InChI is InChI=1S/C10H15NOS/c1-2-3-6-12-8-10-5-4-9(7-11)13-10/h2-5H,6-8,11H2,1H3/b3-2+. The summed E-state index contributed by atoms with van der Waals surface area (Å²) in [5.41, 5.74) is 5.50. The van der Waals surface area contributed by atoms with Crippen molar-refractivity contribution in [1.82, 2.24) is 0 Å². The van der Waals surface area contributed by atoms with Crippen LogP contribution >= 0.6 is 11.3 Å². The molecule has 2 N–H and O–H groups in total. The van der Waals surface area contributed by atoms with Crippen LogP contribution in [0.5, 0.6) is 0 Å². The lowest BCUT2D eigenvalue weighted by molar-refractivity contribution is 0.151. The van der Waals surface area contributed by atoms with Crippen LogP contribution in [0.3, 0.4) is 0 Å². The van der Waals surface area contributed by atoms with Gasteiger partial charge in [0.2, 0.25) is 0 Å². The monoisotopic (exact) mass is 197 g/mol. The summed E-state index contributed by atoms with van der Waals surface area (Å²) in [6, 6.07) is 4.13. The quantitative estimate of drug-likeness (QED) is 0.580. The van der Waals surface area contributed by atoms with Crippen LogP contribution in [-0.4, -0.2) is 6.61 Å². The van der Waals surface area contributed by atoms with Crippen LogP contribution in [0.25, 0.3) is 0 Å². The minimum Gasteiger partial charge on any atom is -0.372 e. The van der Waals surface area contributed by atoms with E-state index < -0.39 is 0 Å². The number of nitrogens with two attached hydrogens (primary N) is 1. The lowest BCUT2D eigenvalue weighted by Crippen LogP contribution is -1.91. The number of allylic oxidation sites excluding steroid dienone is 1. The van der Waals surface area contributed by atoms with Crippen molar-refractivity contribution in [2.75, 3.05) is 6.61 Å². The average molecular weight is 197 g/mol. The number of rotatable bonds is 5. The second kappa shape index (κ2) is 5.91. The molecule has 0 aliphatic carbocycles. The van der Waals surface area contributed by atoms with E-state index in [0.29, 0.717) is 19.8 Å². The van der Waals surface area contributed by atoms with Crippen molar-refractivity contribution in [3.8, 4) is 0 Å². The fraction of sp³-hybridized carbons (Fsp3) is 0.400. The van der Waals surface area contributed by atoms with E-state index >= 15 is 0 Å². The molecule has 1 heterocycles. The SMILES string of the molecule is C/C=C/COCc1ccc(CN)s1. The minimum absolute atomic E-state index is 0.625. The normalized spacial score (nSPS) is 11.2. The molecule has 0 spiro atoms. The van der Waals surface area contributed by atoms with Crippen LogP contribution in [0.2, 0.25) is 0 Å². The van der Waals surface area contributed by atoms with E-state index in [0.717, 1.165) is 0 Å². The smallest absolute Gasteiger partial charge is 0.0813 e. The summed E-state index contributed by atoms with van der Waals surface area (Å²) in [6.07, 6.45) is 3.98. The zero-order valence-corrected chi connectivity index (χ0v) is 8.64. The van der Waals surface area contributed by atoms with E-state index in [2.05, 4.69) is 12.1 Å². The topological polar surface area (TPSA) is 35.2 Å². The molecule has 1 aromatic rings. The zero-order chi connectivity index (χ0) is 9.52. The largest absolute Gasteiger partial charge is 0.372 e. The van der Waals surface area contributed by atoms with Crippen LogP contribution in [0, 0.1) is 0 Å². The molecule has 0 atom stereocenters. The van der Waals surface area contributed by atoms with E-state index in [1.54, 1.807) is 11.3 Å². The van der Waals surface area contributed by atoms with Gasteiger partial charge in [0.15, 0.2) is 0 Å². The van der Waals surface area contributed by atoms with Gasteiger partial charge in [0.05, 0.1) is 13.2 Å². The molecule has 72 valence electrons. The third kappa shape index (κ3) is 3.72. The highest BCUT2D eigenvalue weighted by Crippen LogP contribution is 2.16. The molecule has 3 heteroatoms. The Balaban J connectivity index is 2.28. The molecule has 0 aliphatic heterocycles. The van der Waals surface area contributed by atoms with Gasteiger partial charge in [-0.15, -0.1) is 11.3 Å². The third-order valence-corrected chi connectivity index (χ3v) is 2.69. The van der Waals surface area contributed by atoms with E-state index in [9.17, 15) is 0 Å². The first-order valence-corrected chi connectivity index (χ1v) is 5.15. The highest BCUT2D eigenvalue weighted by atomic mass is 32.1. The lowest BCUT2D eigenvalue weighted by atomic mass is 10.4. The molecule has 1 rings (SSSR count). The molecule has 1 aromatic heterocycles. The molecule has 0 amide bonds. The van der Waals surface area contributed by atoms with Gasteiger partial charge in [-0.05, 0) is 19.1 Å². The summed E-state index contributed by atoms with van der Waals surface area (Å²) in [4.78, 5) is 2.45. The molecule has 0 unspecified atom stereocenters. The molecular weight excluding hydrogens is 182 g/mol. The molecule has 0 saturated heterocycles. The van der Waals surface area contributed by atoms with E-state index in [1.807, 2.05) is 19.1 Å². The fourth-order valence-electron chi connectivity index (χ4n) is 0.933. The van der Waals surface area contributed by atoms with Crippen molar-refractivity contribution in [3.63, 3.8) is 0 Å². The average Bonchev–Trinajstić information content (AvgIpc) is 2.60. The summed E-state index contributed by atoms with van der Waals surface area (Å²) >= 11 is 1.72. The van der Waals surface area contributed by atoms with Gasteiger partial charge in [-0.25, -0.2) is 0 Å². The Kier molecular flexibility index (Phi) is 4.75. The predicted octanol–water partition coefficient (Wildman–Crippen LogP) is 2.30. The summed E-state index contributed by atoms with van der Waals surface area (Å²) in [7, 11) is 0. The van der Waals surface area contributed by atoms with Crippen LogP contribution in [0.1, 0.15) is 16.7 Å². The van der Waals surface area contributed by atoms with Crippen LogP contribution in [0.15, 0.2) is 24.3 Å². The predicted molar refractivity (Wildman–Crippen MR) is 56.7 cm³/mol. The number of hydrogen-bond acceptors (Lipinski definition) is 3. The van der Waals surface area contributed by atoms with Crippen molar-refractivity contribution < 1.29 is 4.74 Å². The second-order valence-electron chi connectivity index (χ2n) is 2.66. The highest BCUT2D eigenvalue weighted by molar-refractivity contribution is 7.11. The second-order valence-corrected chi connectivity index (χ2v) is 3.91. The maximum atomic E-state index is 5.50. The van der Waals surface area contributed by atoms with Gasteiger partial charge in [0.25, 0.3) is 0 Å². The Morgan fingerprint density at radius 3 is 2.85 bits per heavy atom. The van der Waals surface area contributed by atoms with Gasteiger partial charge >= 0.3 is 0 Å². The van der Waals surface area contributed by atoms with Gasteiger partial charge in [-0.1, -0.05) is 12.2 Å². The van der Waals surface area contributed by atoms with Crippen LogP contribution in [0.4, 0.5) is 0 Å². The van der Waals surface area contributed by atoms with Gasteiger partial charge in [-0.3, -0.25) is 0 Å². The van der Waals surface area contributed by atoms with Crippen molar-refractivity contribution in [3.05, 3.63) is 34.0 Å². The van der Waals surface area contributed by atoms with E-state index in [4.69, 9.17) is 10.5 Å². The number of ether oxygens (including phenoxy) is 1. The van der Waals surface area contributed by atoms with Gasteiger partial charge in [-0.2, -0.15) is 0 Å². The molecule has 0 saturated carbocycles. The zero-order valence-electron chi connectivity index (χ0n) is 7.82. The van der Waals surface area contributed by atoms with E-state index in [-0.39, 0.29) is 0 Å². The van der Waals surface area contributed by atoms with Crippen molar-refractivity contribution in [1.29, 1.82) is 0 Å². The van der Waals surface area contributed by atoms with Gasteiger partial charge < -0.3 is 10.5 Å². The summed E-state index contributed by atoms with van der Waals surface area (Å²) in [5.74, 6) is 0.